The first kappa shape index (κ1) is 11.6. The zero-order valence-corrected chi connectivity index (χ0v) is 8.28. The molecule has 1 aromatic rings. The smallest absolute Gasteiger partial charge is 0.244 e. The van der Waals surface area contributed by atoms with Crippen molar-refractivity contribution < 1.29 is 15.0 Å². The Bertz CT molecular complexity index is 282. The van der Waals surface area contributed by atoms with Gasteiger partial charge in [-0.15, -0.1) is 5.10 Å². The first-order chi connectivity index (χ1) is 7.27. The molecule has 0 fully saturated rings. The molecule has 0 aromatic carbocycles. The van der Waals surface area contributed by atoms with Gasteiger partial charge in [-0.05, 0) is 0 Å². The van der Waals surface area contributed by atoms with Crippen molar-refractivity contribution in [3.8, 4) is 0 Å². The average Bonchev–Trinajstić information content (AvgIpc) is 2.70. The van der Waals surface area contributed by atoms with Gasteiger partial charge >= 0.3 is 0 Å². The Kier molecular flexibility index (Phi) is 4.72. The molecule has 0 aliphatic rings. The van der Waals surface area contributed by atoms with Gasteiger partial charge in [0.05, 0.1) is 19.4 Å². The zero-order valence-electron chi connectivity index (χ0n) is 8.28. The second kappa shape index (κ2) is 6.10. The van der Waals surface area contributed by atoms with Crippen LogP contribution in [0.2, 0.25) is 0 Å². The lowest BCUT2D eigenvalue weighted by Crippen LogP contribution is -2.38. The van der Waals surface area contributed by atoms with Crippen LogP contribution in [-0.2, 0) is 11.3 Å². The van der Waals surface area contributed by atoms with E-state index in [4.69, 9.17) is 10.2 Å². The van der Waals surface area contributed by atoms with Gasteiger partial charge in [0.1, 0.15) is 6.54 Å². The first-order valence-corrected chi connectivity index (χ1v) is 4.61. The number of hydrogen-bond donors (Lipinski definition) is 2. The number of hydrogen-bond acceptors (Lipinski definition) is 5. The lowest BCUT2D eigenvalue weighted by atomic mass is 10.4. The Labute approximate surface area is 86.9 Å². The number of nitrogens with zero attached hydrogens (tertiary/aromatic N) is 4. The topological polar surface area (TPSA) is 91.5 Å². The van der Waals surface area contributed by atoms with Crippen LogP contribution >= 0.6 is 0 Å². The SMILES string of the molecule is O=C(Cn1ccnn1)N(CCO)CCO. The van der Waals surface area contributed by atoms with Crippen molar-refractivity contribution in [3.63, 3.8) is 0 Å². The largest absolute Gasteiger partial charge is 0.395 e. The molecule has 1 rings (SSSR count). The van der Waals surface area contributed by atoms with Crippen molar-refractivity contribution in [2.45, 2.75) is 6.54 Å². The zero-order chi connectivity index (χ0) is 11.1. The molecule has 0 spiro atoms. The summed E-state index contributed by atoms with van der Waals surface area (Å²) in [6, 6.07) is 0. The average molecular weight is 214 g/mol. The highest BCUT2D eigenvalue weighted by molar-refractivity contribution is 5.75. The predicted octanol–water partition coefficient (Wildman–Crippen LogP) is -1.91. The molecule has 0 saturated carbocycles. The molecule has 84 valence electrons. The normalized spacial score (nSPS) is 10.3. The first-order valence-electron chi connectivity index (χ1n) is 4.61. The summed E-state index contributed by atoms with van der Waals surface area (Å²) in [5.74, 6) is -0.205. The fourth-order valence-corrected chi connectivity index (χ4v) is 1.16. The molecule has 1 amide bonds. The van der Waals surface area contributed by atoms with Gasteiger partial charge in [0.15, 0.2) is 0 Å². The van der Waals surface area contributed by atoms with Crippen molar-refractivity contribution in [1.82, 2.24) is 19.9 Å². The number of rotatable bonds is 6. The molecule has 7 heteroatoms. The molecule has 7 nitrogen and oxygen atoms in total. The number of carbonyl (C=O) groups excluding carboxylic acids is 1. The fourth-order valence-electron chi connectivity index (χ4n) is 1.16. The van der Waals surface area contributed by atoms with Crippen LogP contribution in [-0.4, -0.2) is 62.3 Å². The minimum absolute atomic E-state index is 0.0694. The summed E-state index contributed by atoms with van der Waals surface area (Å²) >= 11 is 0. The minimum Gasteiger partial charge on any atom is -0.395 e. The maximum Gasteiger partial charge on any atom is 0.244 e. The molecule has 0 bridgehead atoms. The summed E-state index contributed by atoms with van der Waals surface area (Å²) in [6.45, 7) is 0.258. The third kappa shape index (κ3) is 3.64. The summed E-state index contributed by atoms with van der Waals surface area (Å²) in [5.41, 5.74) is 0. The van der Waals surface area contributed by atoms with E-state index >= 15 is 0 Å². The molecule has 15 heavy (non-hydrogen) atoms. The minimum atomic E-state index is -0.205. The molecule has 0 saturated heterocycles. The highest BCUT2D eigenvalue weighted by Crippen LogP contribution is 1.92. The van der Waals surface area contributed by atoms with Crippen molar-refractivity contribution in [2.24, 2.45) is 0 Å². The van der Waals surface area contributed by atoms with Crippen LogP contribution in [0.5, 0.6) is 0 Å². The summed E-state index contributed by atoms with van der Waals surface area (Å²) in [7, 11) is 0. The number of aliphatic hydroxyl groups is 2. The van der Waals surface area contributed by atoms with Crippen molar-refractivity contribution in [1.29, 1.82) is 0 Å². The Balaban J connectivity index is 2.48. The van der Waals surface area contributed by atoms with Crippen LogP contribution in [0, 0.1) is 0 Å². The molecule has 0 aliphatic carbocycles. The highest BCUT2D eigenvalue weighted by atomic mass is 16.3. The molecule has 2 N–H and O–H groups in total. The molecular formula is C8H14N4O3. The molecule has 1 heterocycles. The van der Waals surface area contributed by atoms with Crippen LogP contribution in [0.15, 0.2) is 12.4 Å². The Morgan fingerprint density at radius 3 is 2.47 bits per heavy atom. The lowest BCUT2D eigenvalue weighted by Gasteiger charge is -2.20. The van der Waals surface area contributed by atoms with Crippen LogP contribution in [0.3, 0.4) is 0 Å². The third-order valence-electron chi connectivity index (χ3n) is 1.86. The van der Waals surface area contributed by atoms with E-state index in [1.807, 2.05) is 0 Å². The predicted molar refractivity (Wildman–Crippen MR) is 50.8 cm³/mol. The van der Waals surface area contributed by atoms with Crippen LogP contribution in [0.1, 0.15) is 0 Å². The monoisotopic (exact) mass is 214 g/mol. The van der Waals surface area contributed by atoms with Gasteiger partial charge in [-0.1, -0.05) is 5.21 Å². The number of aliphatic hydroxyl groups excluding tert-OH is 2. The molecule has 0 atom stereocenters. The van der Waals surface area contributed by atoms with E-state index in [2.05, 4.69) is 10.3 Å². The van der Waals surface area contributed by atoms with Crippen LogP contribution in [0.4, 0.5) is 0 Å². The Morgan fingerprint density at radius 1 is 1.33 bits per heavy atom. The Morgan fingerprint density at radius 2 is 2.00 bits per heavy atom. The number of amides is 1. The van der Waals surface area contributed by atoms with Gasteiger partial charge in [-0.2, -0.15) is 0 Å². The van der Waals surface area contributed by atoms with Crippen LogP contribution in [0.25, 0.3) is 0 Å². The summed E-state index contributed by atoms with van der Waals surface area (Å²) in [4.78, 5) is 13.0. The van der Waals surface area contributed by atoms with Crippen molar-refractivity contribution in [2.75, 3.05) is 26.3 Å². The quantitative estimate of drug-likeness (QED) is 0.576. The summed E-state index contributed by atoms with van der Waals surface area (Å²) in [6.07, 6.45) is 3.06. The summed E-state index contributed by atoms with van der Waals surface area (Å²) in [5, 5.41) is 24.7. The Hall–Kier alpha value is -1.47. The lowest BCUT2D eigenvalue weighted by molar-refractivity contribution is -0.133. The van der Waals surface area contributed by atoms with E-state index in [0.29, 0.717) is 0 Å². The van der Waals surface area contributed by atoms with E-state index in [1.54, 1.807) is 6.20 Å². The van der Waals surface area contributed by atoms with E-state index in [0.717, 1.165) is 0 Å². The third-order valence-corrected chi connectivity index (χ3v) is 1.86. The standard InChI is InChI=1S/C8H14N4O3/c13-5-3-11(4-6-14)8(15)7-12-2-1-9-10-12/h1-2,13-14H,3-7H2. The van der Waals surface area contributed by atoms with Gasteiger partial charge < -0.3 is 15.1 Å². The maximum absolute atomic E-state index is 11.6. The molecular weight excluding hydrogens is 200 g/mol. The van der Waals surface area contributed by atoms with E-state index in [-0.39, 0.29) is 38.8 Å². The van der Waals surface area contributed by atoms with Gasteiger partial charge in [0.25, 0.3) is 0 Å². The summed E-state index contributed by atoms with van der Waals surface area (Å²) < 4.78 is 1.39. The number of aromatic nitrogens is 3. The fraction of sp³-hybridized carbons (Fsp3) is 0.625. The molecule has 0 aliphatic heterocycles. The second-order valence-electron chi connectivity index (χ2n) is 2.93. The second-order valence-corrected chi connectivity index (χ2v) is 2.93. The van der Waals surface area contributed by atoms with Gasteiger partial charge in [-0.3, -0.25) is 4.79 Å². The van der Waals surface area contributed by atoms with E-state index < -0.39 is 0 Å². The molecule has 0 unspecified atom stereocenters. The van der Waals surface area contributed by atoms with Crippen LogP contribution < -0.4 is 0 Å². The highest BCUT2D eigenvalue weighted by Gasteiger charge is 2.12. The van der Waals surface area contributed by atoms with Crippen molar-refractivity contribution >= 4 is 5.91 Å². The van der Waals surface area contributed by atoms with Crippen molar-refractivity contribution in [3.05, 3.63) is 12.4 Å². The molecule has 0 radical (unpaired) electrons. The maximum atomic E-state index is 11.6. The van der Waals surface area contributed by atoms with Gasteiger partial charge in [-0.25, -0.2) is 4.68 Å². The molecule has 1 aromatic heterocycles. The van der Waals surface area contributed by atoms with E-state index in [1.165, 1.54) is 15.8 Å². The van der Waals surface area contributed by atoms with E-state index in [9.17, 15) is 4.79 Å². The van der Waals surface area contributed by atoms with Gasteiger partial charge in [0.2, 0.25) is 5.91 Å². The van der Waals surface area contributed by atoms with Gasteiger partial charge in [0, 0.05) is 19.3 Å². The number of carbonyl (C=O) groups is 1.